The van der Waals surface area contributed by atoms with E-state index in [4.69, 9.17) is 19.5 Å². The van der Waals surface area contributed by atoms with Crippen LogP contribution >= 0.6 is 0 Å². The minimum absolute atomic E-state index is 0.184. The van der Waals surface area contributed by atoms with Gasteiger partial charge >= 0.3 is 5.76 Å². The van der Waals surface area contributed by atoms with Crippen LogP contribution in [-0.2, 0) is 12.0 Å². The van der Waals surface area contributed by atoms with Crippen molar-refractivity contribution in [3.05, 3.63) is 52.0 Å². The predicted octanol–water partition coefficient (Wildman–Crippen LogP) is 5.82. The molecule has 3 aliphatic carbocycles. The highest BCUT2D eigenvalue weighted by Gasteiger charge is 2.50. The summed E-state index contributed by atoms with van der Waals surface area (Å²) in [5.74, 6) is 3.14. The van der Waals surface area contributed by atoms with Crippen molar-refractivity contribution in [1.29, 1.82) is 0 Å². The average Bonchev–Trinajstić information content (AvgIpc) is 3.45. The molecule has 0 unspecified atom stereocenters. The van der Waals surface area contributed by atoms with Crippen molar-refractivity contribution in [3.8, 4) is 11.6 Å². The molecule has 2 N–H and O–H groups in total. The number of nitrogens with one attached hydrogen (secondary N) is 2. The molecule has 4 aromatic rings. The van der Waals surface area contributed by atoms with Gasteiger partial charge in [0.15, 0.2) is 11.5 Å². The van der Waals surface area contributed by atoms with Crippen molar-refractivity contribution in [2.45, 2.75) is 89.6 Å². The smallest absolute Gasteiger partial charge is 0.365 e. The fourth-order valence-electron chi connectivity index (χ4n) is 6.69. The number of benzene rings is 1. The number of rotatable bonds is 8. The van der Waals surface area contributed by atoms with Crippen LogP contribution in [-0.4, -0.2) is 35.7 Å². The van der Waals surface area contributed by atoms with Crippen LogP contribution in [0.3, 0.4) is 0 Å². The van der Waals surface area contributed by atoms with Gasteiger partial charge in [-0.3, -0.25) is 9.51 Å². The predicted molar refractivity (Wildman–Crippen MR) is 149 cm³/mol. The number of halogens is 1. The molecule has 1 atom stereocenters. The van der Waals surface area contributed by atoms with Gasteiger partial charge in [-0.15, -0.1) is 0 Å². The van der Waals surface area contributed by atoms with E-state index >= 15 is 0 Å². The molecular formula is C30H36FN7O2. The van der Waals surface area contributed by atoms with E-state index in [9.17, 15) is 9.18 Å². The van der Waals surface area contributed by atoms with Crippen molar-refractivity contribution in [1.82, 2.24) is 29.7 Å². The fraction of sp³-hybridized carbons (Fsp3) is 0.567. The molecular weight excluding hydrogens is 509 g/mol. The quantitative estimate of drug-likeness (QED) is 0.287. The van der Waals surface area contributed by atoms with Gasteiger partial charge in [0.25, 0.3) is 0 Å². The monoisotopic (exact) mass is 545 g/mol. The molecule has 1 aromatic carbocycles. The van der Waals surface area contributed by atoms with Gasteiger partial charge in [-0.1, -0.05) is 43.5 Å². The molecule has 0 saturated heterocycles. The molecule has 210 valence electrons. The number of aromatic amines is 1. The van der Waals surface area contributed by atoms with E-state index in [1.165, 1.54) is 57.1 Å². The molecule has 10 heteroatoms. The van der Waals surface area contributed by atoms with Crippen LogP contribution < -0.4 is 11.1 Å². The molecule has 7 rings (SSSR count). The third-order valence-electron chi connectivity index (χ3n) is 9.63. The van der Waals surface area contributed by atoms with E-state index in [1.54, 1.807) is 0 Å². The number of hydrogen-bond donors (Lipinski definition) is 2. The standard InChI is InChI=1S/C30H36FN7O2/c1-17-6-8-19(9-7-17)16-38-23-24(32-18(2)20-4-3-5-20)33-26(27-36-29(39)40-37-27)34-25(23)35-28(38)30(14-15-30)21-10-12-22(31)13-11-21/h10-13,17-20H,3-9,14-16H2,1-2H3,(H,32,33,34)(H,36,37,39)/t17-,18-,19-/m1/s1. The summed E-state index contributed by atoms with van der Waals surface area (Å²) < 4.78 is 21.0. The summed E-state index contributed by atoms with van der Waals surface area (Å²) in [6, 6.07) is 7.09. The molecule has 3 aromatic heterocycles. The fourth-order valence-corrected chi connectivity index (χ4v) is 6.69. The van der Waals surface area contributed by atoms with Crippen LogP contribution in [0.1, 0.15) is 83.0 Å². The third kappa shape index (κ3) is 4.51. The number of hydrogen-bond acceptors (Lipinski definition) is 7. The van der Waals surface area contributed by atoms with Crippen molar-refractivity contribution < 1.29 is 8.91 Å². The highest BCUT2D eigenvalue weighted by molar-refractivity contribution is 5.86. The van der Waals surface area contributed by atoms with Gasteiger partial charge in [-0.05, 0) is 80.9 Å². The van der Waals surface area contributed by atoms with Gasteiger partial charge in [0.1, 0.15) is 17.2 Å². The molecule has 0 bridgehead atoms. The third-order valence-corrected chi connectivity index (χ3v) is 9.63. The van der Waals surface area contributed by atoms with Gasteiger partial charge in [-0.25, -0.2) is 24.1 Å². The normalized spacial score (nSPS) is 23.2. The lowest BCUT2D eigenvalue weighted by atomic mass is 9.80. The van der Waals surface area contributed by atoms with Crippen LogP contribution in [0.2, 0.25) is 0 Å². The molecule has 0 radical (unpaired) electrons. The second-order valence-electron chi connectivity index (χ2n) is 12.4. The van der Waals surface area contributed by atoms with Crippen LogP contribution in [0.4, 0.5) is 10.2 Å². The van der Waals surface area contributed by atoms with Crippen molar-refractivity contribution >= 4 is 17.0 Å². The Morgan fingerprint density at radius 2 is 1.85 bits per heavy atom. The highest BCUT2D eigenvalue weighted by atomic mass is 19.1. The minimum Gasteiger partial charge on any atom is -0.365 e. The van der Waals surface area contributed by atoms with E-state index in [0.29, 0.717) is 23.3 Å². The summed E-state index contributed by atoms with van der Waals surface area (Å²) in [5, 5.41) is 7.57. The molecule has 40 heavy (non-hydrogen) atoms. The zero-order chi connectivity index (χ0) is 27.4. The Balaban J connectivity index is 1.40. The number of fused-ring (bicyclic) bond motifs is 1. The lowest BCUT2D eigenvalue weighted by Crippen LogP contribution is -2.31. The van der Waals surface area contributed by atoms with Gasteiger partial charge in [-0.2, -0.15) is 0 Å². The van der Waals surface area contributed by atoms with Gasteiger partial charge in [0.05, 0.1) is 5.41 Å². The summed E-state index contributed by atoms with van der Waals surface area (Å²) in [6.45, 7) is 5.40. The number of H-pyrrole nitrogens is 1. The van der Waals surface area contributed by atoms with E-state index in [-0.39, 0.29) is 28.9 Å². The lowest BCUT2D eigenvalue weighted by Gasteiger charge is -2.32. The Labute approximate surface area is 232 Å². The van der Waals surface area contributed by atoms with Crippen molar-refractivity contribution in [2.24, 2.45) is 17.8 Å². The summed E-state index contributed by atoms with van der Waals surface area (Å²) in [5.41, 5.74) is 2.26. The summed E-state index contributed by atoms with van der Waals surface area (Å²) in [6.07, 6.45) is 10.4. The number of aromatic nitrogens is 6. The highest BCUT2D eigenvalue weighted by Crippen LogP contribution is 2.54. The maximum Gasteiger partial charge on any atom is 0.439 e. The van der Waals surface area contributed by atoms with Gasteiger partial charge in [0, 0.05) is 12.6 Å². The number of nitrogens with zero attached hydrogens (tertiary/aromatic N) is 5. The SMILES string of the molecule is C[C@@H](Nc1nc(-c2noc(=O)[nH]2)nc2nc(C3(c4ccc(F)cc4)CC3)n(C[C@H]3CC[C@H](C)CC3)c12)C1CCC1. The Morgan fingerprint density at radius 3 is 2.48 bits per heavy atom. The Bertz CT molecular complexity index is 1570. The number of anilines is 1. The summed E-state index contributed by atoms with van der Waals surface area (Å²) >= 11 is 0. The average molecular weight is 546 g/mol. The molecule has 3 saturated carbocycles. The topological polar surface area (TPSA) is 115 Å². The largest absolute Gasteiger partial charge is 0.439 e. The molecule has 3 aliphatic rings. The second-order valence-corrected chi connectivity index (χ2v) is 12.4. The van der Waals surface area contributed by atoms with Gasteiger partial charge in [0.2, 0.25) is 11.6 Å². The molecule has 0 aliphatic heterocycles. The molecule has 0 amide bonds. The first-order chi connectivity index (χ1) is 19.4. The first-order valence-corrected chi connectivity index (χ1v) is 14.8. The van der Waals surface area contributed by atoms with Crippen LogP contribution in [0.15, 0.2) is 33.6 Å². The first kappa shape index (κ1) is 25.4. The van der Waals surface area contributed by atoms with Crippen LogP contribution in [0, 0.1) is 23.6 Å². The van der Waals surface area contributed by atoms with E-state index in [1.807, 2.05) is 12.1 Å². The van der Waals surface area contributed by atoms with Crippen LogP contribution in [0.5, 0.6) is 0 Å². The summed E-state index contributed by atoms with van der Waals surface area (Å²) in [4.78, 5) is 29.2. The summed E-state index contributed by atoms with van der Waals surface area (Å²) in [7, 11) is 0. The zero-order valence-electron chi connectivity index (χ0n) is 23.1. The second kappa shape index (κ2) is 9.82. The molecule has 9 nitrogen and oxygen atoms in total. The molecule has 0 spiro atoms. The minimum atomic E-state index is -0.651. The molecule has 3 heterocycles. The van der Waals surface area contributed by atoms with Gasteiger partial charge < -0.3 is 9.88 Å². The van der Waals surface area contributed by atoms with Crippen molar-refractivity contribution in [2.75, 3.05) is 5.32 Å². The van der Waals surface area contributed by atoms with E-state index in [0.717, 1.165) is 42.2 Å². The van der Waals surface area contributed by atoms with Crippen molar-refractivity contribution in [3.63, 3.8) is 0 Å². The first-order valence-electron chi connectivity index (χ1n) is 14.8. The maximum atomic E-state index is 13.9. The van der Waals surface area contributed by atoms with Crippen LogP contribution in [0.25, 0.3) is 22.8 Å². The zero-order valence-corrected chi connectivity index (χ0v) is 23.1. The van der Waals surface area contributed by atoms with E-state index in [2.05, 4.69) is 33.9 Å². The van der Waals surface area contributed by atoms with E-state index < -0.39 is 5.76 Å². The Hall–Kier alpha value is -3.56. The lowest BCUT2D eigenvalue weighted by molar-refractivity contribution is 0.264. The Kier molecular flexibility index (Phi) is 6.24. The Morgan fingerprint density at radius 1 is 1.10 bits per heavy atom. The maximum absolute atomic E-state index is 13.9. The molecule has 3 fully saturated rings. The number of imidazole rings is 1.